The standard InChI is InChI=1S/C17H24ClNO2/c1-17(2,3)21-16(20)19-10-8-13(9-11-19)15-7-5-4-6-14(15)12-18/h4-7,13H,8-12H2,1-3H3. The molecule has 1 fully saturated rings. The summed E-state index contributed by atoms with van der Waals surface area (Å²) in [5.41, 5.74) is 2.10. The molecule has 0 atom stereocenters. The van der Waals surface area contributed by atoms with Gasteiger partial charge in [0.05, 0.1) is 0 Å². The van der Waals surface area contributed by atoms with Crippen LogP contribution in [0.15, 0.2) is 24.3 Å². The number of hydrogen-bond donors (Lipinski definition) is 0. The fraction of sp³-hybridized carbons (Fsp3) is 0.588. The van der Waals surface area contributed by atoms with E-state index in [0.717, 1.165) is 25.9 Å². The fourth-order valence-electron chi connectivity index (χ4n) is 2.75. The fourth-order valence-corrected chi connectivity index (χ4v) is 3.00. The monoisotopic (exact) mass is 309 g/mol. The highest BCUT2D eigenvalue weighted by atomic mass is 35.5. The molecule has 0 aromatic heterocycles. The van der Waals surface area contributed by atoms with Crippen molar-refractivity contribution in [2.24, 2.45) is 0 Å². The summed E-state index contributed by atoms with van der Waals surface area (Å²) in [5.74, 6) is 1.03. The zero-order chi connectivity index (χ0) is 15.5. The maximum absolute atomic E-state index is 12.1. The molecule has 0 spiro atoms. The number of nitrogens with zero attached hydrogens (tertiary/aromatic N) is 1. The highest BCUT2D eigenvalue weighted by molar-refractivity contribution is 6.17. The molecule has 0 saturated carbocycles. The van der Waals surface area contributed by atoms with Crippen LogP contribution in [0.4, 0.5) is 4.79 Å². The van der Waals surface area contributed by atoms with Gasteiger partial charge >= 0.3 is 6.09 Å². The number of hydrogen-bond acceptors (Lipinski definition) is 2. The molecule has 21 heavy (non-hydrogen) atoms. The second-order valence-corrected chi connectivity index (χ2v) is 6.84. The summed E-state index contributed by atoms with van der Waals surface area (Å²) in [6.07, 6.45) is 1.73. The van der Waals surface area contributed by atoms with Gasteiger partial charge in [0.2, 0.25) is 0 Å². The molecular formula is C17H24ClNO2. The van der Waals surface area contributed by atoms with Crippen LogP contribution in [0.3, 0.4) is 0 Å². The van der Waals surface area contributed by atoms with E-state index in [1.807, 2.05) is 31.7 Å². The van der Waals surface area contributed by atoms with Gasteiger partial charge in [0.25, 0.3) is 0 Å². The van der Waals surface area contributed by atoms with Crippen molar-refractivity contribution < 1.29 is 9.53 Å². The van der Waals surface area contributed by atoms with E-state index in [4.69, 9.17) is 16.3 Å². The van der Waals surface area contributed by atoms with Crippen LogP contribution >= 0.6 is 11.6 Å². The van der Waals surface area contributed by atoms with Gasteiger partial charge in [0.15, 0.2) is 0 Å². The minimum Gasteiger partial charge on any atom is -0.444 e. The molecule has 1 aromatic rings. The van der Waals surface area contributed by atoms with Crippen LogP contribution in [0.2, 0.25) is 0 Å². The molecule has 0 bridgehead atoms. The van der Waals surface area contributed by atoms with Crippen LogP contribution in [0.25, 0.3) is 0 Å². The highest BCUT2D eigenvalue weighted by Crippen LogP contribution is 2.31. The van der Waals surface area contributed by atoms with Crippen LogP contribution in [0.1, 0.15) is 50.7 Å². The predicted molar refractivity (Wildman–Crippen MR) is 85.8 cm³/mol. The molecule has 1 aliphatic heterocycles. The van der Waals surface area contributed by atoms with Crippen LogP contribution in [-0.4, -0.2) is 29.7 Å². The molecule has 1 saturated heterocycles. The lowest BCUT2D eigenvalue weighted by molar-refractivity contribution is 0.0205. The Hall–Kier alpha value is -1.22. The smallest absolute Gasteiger partial charge is 0.410 e. The molecule has 1 aliphatic rings. The lowest BCUT2D eigenvalue weighted by Gasteiger charge is -2.34. The normalized spacial score (nSPS) is 16.9. The largest absolute Gasteiger partial charge is 0.444 e. The molecule has 0 unspecified atom stereocenters. The van der Waals surface area contributed by atoms with Crippen molar-refractivity contribution in [3.05, 3.63) is 35.4 Å². The lowest BCUT2D eigenvalue weighted by Crippen LogP contribution is -2.41. The van der Waals surface area contributed by atoms with Gasteiger partial charge in [-0.05, 0) is 50.7 Å². The number of amides is 1. The van der Waals surface area contributed by atoms with Gasteiger partial charge in [0, 0.05) is 19.0 Å². The SMILES string of the molecule is CC(C)(C)OC(=O)N1CCC(c2ccccc2CCl)CC1. The summed E-state index contributed by atoms with van der Waals surface area (Å²) in [6.45, 7) is 7.18. The number of rotatable bonds is 2. The van der Waals surface area contributed by atoms with Gasteiger partial charge in [-0.25, -0.2) is 4.79 Å². The number of carbonyl (C=O) groups excluding carboxylic acids is 1. The van der Waals surface area contributed by atoms with E-state index in [1.54, 1.807) is 0 Å². The first-order valence-corrected chi connectivity index (χ1v) is 8.06. The third kappa shape index (κ3) is 4.37. The molecule has 3 nitrogen and oxygen atoms in total. The summed E-state index contributed by atoms with van der Waals surface area (Å²) in [7, 11) is 0. The Labute approximate surface area is 132 Å². The number of benzene rings is 1. The molecule has 0 N–H and O–H groups in total. The molecule has 2 rings (SSSR count). The van der Waals surface area contributed by atoms with Gasteiger partial charge < -0.3 is 9.64 Å². The summed E-state index contributed by atoms with van der Waals surface area (Å²) in [4.78, 5) is 13.9. The van der Waals surface area contributed by atoms with E-state index in [9.17, 15) is 4.79 Å². The van der Waals surface area contributed by atoms with Gasteiger partial charge in [0.1, 0.15) is 5.60 Å². The molecule has 1 heterocycles. The third-order valence-electron chi connectivity index (χ3n) is 3.79. The van der Waals surface area contributed by atoms with Crippen LogP contribution in [-0.2, 0) is 10.6 Å². The van der Waals surface area contributed by atoms with Crippen molar-refractivity contribution in [3.63, 3.8) is 0 Å². The minimum atomic E-state index is -0.431. The minimum absolute atomic E-state index is 0.202. The van der Waals surface area contributed by atoms with Crippen LogP contribution < -0.4 is 0 Å². The lowest BCUT2D eigenvalue weighted by atomic mass is 9.87. The molecule has 4 heteroatoms. The number of piperidine rings is 1. The van der Waals surface area contributed by atoms with E-state index in [1.165, 1.54) is 11.1 Å². The van der Waals surface area contributed by atoms with Crippen molar-refractivity contribution in [1.29, 1.82) is 0 Å². The number of likely N-dealkylation sites (tertiary alicyclic amines) is 1. The number of halogens is 1. The zero-order valence-corrected chi connectivity index (χ0v) is 13.8. The van der Waals surface area contributed by atoms with Crippen molar-refractivity contribution in [2.75, 3.05) is 13.1 Å². The van der Waals surface area contributed by atoms with Gasteiger partial charge in [-0.2, -0.15) is 0 Å². The maximum atomic E-state index is 12.1. The van der Waals surface area contributed by atoms with Gasteiger partial charge in [-0.1, -0.05) is 24.3 Å². The Morgan fingerprint density at radius 1 is 1.29 bits per heavy atom. The number of carbonyl (C=O) groups is 1. The van der Waals surface area contributed by atoms with Crippen molar-refractivity contribution in [2.45, 2.75) is 51.0 Å². The summed E-state index contributed by atoms with van der Waals surface area (Å²) < 4.78 is 5.43. The second kappa shape index (κ2) is 6.69. The van der Waals surface area contributed by atoms with Gasteiger partial charge in [-0.15, -0.1) is 11.6 Å². The number of alkyl halides is 1. The van der Waals surface area contributed by atoms with E-state index < -0.39 is 5.60 Å². The Morgan fingerprint density at radius 3 is 2.48 bits per heavy atom. The first-order chi connectivity index (χ1) is 9.90. The van der Waals surface area contributed by atoms with E-state index in [-0.39, 0.29) is 6.09 Å². The van der Waals surface area contributed by atoms with E-state index in [2.05, 4.69) is 18.2 Å². The average Bonchev–Trinajstić information content (AvgIpc) is 2.45. The zero-order valence-electron chi connectivity index (χ0n) is 13.1. The van der Waals surface area contributed by atoms with E-state index in [0.29, 0.717) is 11.8 Å². The topological polar surface area (TPSA) is 29.5 Å². The van der Waals surface area contributed by atoms with Crippen molar-refractivity contribution in [1.82, 2.24) is 4.90 Å². The summed E-state index contributed by atoms with van der Waals surface area (Å²) in [5, 5.41) is 0. The first kappa shape index (κ1) is 16.2. The van der Waals surface area contributed by atoms with Crippen molar-refractivity contribution >= 4 is 17.7 Å². The first-order valence-electron chi connectivity index (χ1n) is 7.52. The highest BCUT2D eigenvalue weighted by Gasteiger charge is 2.28. The molecular weight excluding hydrogens is 286 g/mol. The third-order valence-corrected chi connectivity index (χ3v) is 4.07. The average molecular weight is 310 g/mol. The Balaban J connectivity index is 1.96. The molecule has 0 aliphatic carbocycles. The Morgan fingerprint density at radius 2 is 1.90 bits per heavy atom. The quantitative estimate of drug-likeness (QED) is 0.751. The Kier molecular flexibility index (Phi) is 5.15. The number of ether oxygens (including phenoxy) is 1. The van der Waals surface area contributed by atoms with Gasteiger partial charge in [-0.3, -0.25) is 0 Å². The van der Waals surface area contributed by atoms with Crippen LogP contribution in [0.5, 0.6) is 0 Å². The van der Waals surface area contributed by atoms with E-state index >= 15 is 0 Å². The maximum Gasteiger partial charge on any atom is 0.410 e. The molecule has 1 aromatic carbocycles. The van der Waals surface area contributed by atoms with Crippen LogP contribution in [0, 0.1) is 0 Å². The molecule has 116 valence electrons. The van der Waals surface area contributed by atoms with Crippen molar-refractivity contribution in [3.8, 4) is 0 Å². The predicted octanol–water partition coefficient (Wildman–Crippen LogP) is 4.54. The Bertz CT molecular complexity index is 488. The summed E-state index contributed by atoms with van der Waals surface area (Å²) >= 11 is 6.02. The summed E-state index contributed by atoms with van der Waals surface area (Å²) in [6, 6.07) is 8.33. The molecule has 1 amide bonds. The molecule has 0 radical (unpaired) electrons. The second-order valence-electron chi connectivity index (χ2n) is 6.57.